The van der Waals surface area contributed by atoms with Crippen LogP contribution in [0.2, 0.25) is 0 Å². The molecule has 2 rings (SSSR count). The molecule has 17 heavy (non-hydrogen) atoms. The van der Waals surface area contributed by atoms with E-state index >= 15 is 0 Å². The first-order valence-electron chi connectivity index (χ1n) is 6.40. The molecule has 4 heteroatoms. The third-order valence-electron chi connectivity index (χ3n) is 3.93. The molecule has 3 nitrogen and oxygen atoms in total. The lowest BCUT2D eigenvalue weighted by Crippen LogP contribution is -2.49. The number of halogens is 1. The Hall–Kier alpha value is -0.250. The summed E-state index contributed by atoms with van der Waals surface area (Å²) in [7, 11) is 0. The van der Waals surface area contributed by atoms with Crippen LogP contribution in [0.25, 0.3) is 0 Å². The van der Waals surface area contributed by atoms with Gasteiger partial charge in [0.25, 0.3) is 0 Å². The summed E-state index contributed by atoms with van der Waals surface area (Å²) in [6, 6.07) is 0.714. The Morgan fingerprint density at radius 1 is 1.41 bits per heavy atom. The summed E-state index contributed by atoms with van der Waals surface area (Å²) < 4.78 is 5.51. The Morgan fingerprint density at radius 3 is 2.59 bits per heavy atom. The fraction of sp³-hybridized carbons (Fsp3) is 0.923. The van der Waals surface area contributed by atoms with Crippen LogP contribution in [-0.4, -0.2) is 34.0 Å². The summed E-state index contributed by atoms with van der Waals surface area (Å²) in [6.45, 7) is 8.06. The average Bonchev–Trinajstić information content (AvgIpc) is 2.69. The fourth-order valence-corrected chi connectivity index (χ4v) is 4.07. The maximum absolute atomic E-state index is 12.2. The molecule has 0 spiro atoms. The highest BCUT2D eigenvalue weighted by molar-refractivity contribution is 9.09. The molecule has 1 saturated carbocycles. The average molecular weight is 304 g/mol. The molecule has 0 aromatic carbocycles. The summed E-state index contributed by atoms with van der Waals surface area (Å²) in [6.07, 6.45) is 2.14. The summed E-state index contributed by atoms with van der Waals surface area (Å²) in [4.78, 5) is 14.2. The van der Waals surface area contributed by atoms with Gasteiger partial charge < -0.3 is 9.64 Å². The minimum Gasteiger partial charge on any atom is -0.444 e. The van der Waals surface area contributed by atoms with Crippen LogP contribution in [-0.2, 0) is 4.74 Å². The molecule has 98 valence electrons. The second kappa shape index (κ2) is 4.45. The van der Waals surface area contributed by atoms with Gasteiger partial charge in [-0.1, -0.05) is 22.9 Å². The molecule has 4 atom stereocenters. The van der Waals surface area contributed by atoms with E-state index in [0.717, 1.165) is 24.1 Å². The standard InChI is InChI=1S/C13H22BrNO2/c1-8-5-9-6-10(8)11(7-14)15(9)12(16)17-13(2,3)4/h8-11H,5-7H2,1-4H3. The number of hydrogen-bond donors (Lipinski definition) is 0. The van der Waals surface area contributed by atoms with Crippen LogP contribution >= 0.6 is 15.9 Å². The van der Waals surface area contributed by atoms with Gasteiger partial charge in [-0.15, -0.1) is 0 Å². The van der Waals surface area contributed by atoms with E-state index in [1.54, 1.807) is 0 Å². The Labute approximate surface area is 112 Å². The molecule has 0 aromatic heterocycles. The third kappa shape index (κ3) is 2.47. The Morgan fingerprint density at radius 2 is 2.06 bits per heavy atom. The topological polar surface area (TPSA) is 29.5 Å². The maximum atomic E-state index is 12.2. The summed E-state index contributed by atoms with van der Waals surface area (Å²) in [5.41, 5.74) is -0.401. The second-order valence-corrected chi connectivity index (χ2v) is 7.02. The molecule has 1 amide bonds. The number of ether oxygens (including phenoxy) is 1. The van der Waals surface area contributed by atoms with E-state index in [4.69, 9.17) is 4.74 Å². The number of hydrogen-bond acceptors (Lipinski definition) is 2. The highest BCUT2D eigenvalue weighted by Crippen LogP contribution is 2.47. The molecule has 2 fully saturated rings. The van der Waals surface area contributed by atoms with Gasteiger partial charge in [-0.2, -0.15) is 0 Å². The minimum absolute atomic E-state index is 0.138. The zero-order valence-corrected chi connectivity index (χ0v) is 12.7. The number of rotatable bonds is 1. The summed E-state index contributed by atoms with van der Waals surface area (Å²) in [5.74, 6) is 1.38. The van der Waals surface area contributed by atoms with Crippen molar-refractivity contribution in [3.63, 3.8) is 0 Å². The molecule has 1 aliphatic carbocycles. The Bertz CT molecular complexity index is 313. The number of piperidine rings is 1. The van der Waals surface area contributed by atoms with E-state index < -0.39 is 5.60 Å². The highest BCUT2D eigenvalue weighted by Gasteiger charge is 2.51. The van der Waals surface area contributed by atoms with Gasteiger partial charge in [0.05, 0.1) is 0 Å². The molecular weight excluding hydrogens is 282 g/mol. The van der Waals surface area contributed by atoms with Gasteiger partial charge in [-0.05, 0) is 45.4 Å². The van der Waals surface area contributed by atoms with Crippen LogP contribution in [0, 0.1) is 11.8 Å². The van der Waals surface area contributed by atoms with Crippen LogP contribution in [0.3, 0.4) is 0 Å². The van der Waals surface area contributed by atoms with Crippen molar-refractivity contribution in [2.24, 2.45) is 11.8 Å². The highest BCUT2D eigenvalue weighted by atomic mass is 79.9. The van der Waals surface area contributed by atoms with E-state index in [9.17, 15) is 4.79 Å². The third-order valence-corrected chi connectivity index (χ3v) is 4.59. The summed E-state index contributed by atoms with van der Waals surface area (Å²) >= 11 is 3.54. The molecule has 4 unspecified atom stereocenters. The van der Waals surface area contributed by atoms with Gasteiger partial charge >= 0.3 is 6.09 Å². The molecule has 0 N–H and O–H groups in total. The Balaban J connectivity index is 2.09. The second-order valence-electron chi connectivity index (χ2n) is 6.38. The van der Waals surface area contributed by atoms with E-state index in [-0.39, 0.29) is 6.09 Å². The van der Waals surface area contributed by atoms with Crippen molar-refractivity contribution in [2.75, 3.05) is 5.33 Å². The number of carbonyl (C=O) groups excluding carboxylic acids is 1. The lowest BCUT2D eigenvalue weighted by atomic mass is 9.90. The van der Waals surface area contributed by atoms with Gasteiger partial charge in [0.1, 0.15) is 5.60 Å². The lowest BCUT2D eigenvalue weighted by molar-refractivity contribution is 0.00651. The molecule has 2 bridgehead atoms. The first kappa shape index (κ1) is 13.2. The number of amides is 1. The van der Waals surface area contributed by atoms with E-state index in [1.165, 1.54) is 0 Å². The Kier molecular flexibility index (Phi) is 3.45. The van der Waals surface area contributed by atoms with Crippen LogP contribution < -0.4 is 0 Å². The summed E-state index contributed by atoms with van der Waals surface area (Å²) in [5, 5.41) is 0.859. The molecule has 0 aromatic rings. The zero-order chi connectivity index (χ0) is 12.8. The molecule has 1 aliphatic heterocycles. The fourth-order valence-electron chi connectivity index (χ4n) is 3.28. The van der Waals surface area contributed by atoms with Crippen molar-refractivity contribution in [1.82, 2.24) is 4.90 Å². The van der Waals surface area contributed by atoms with E-state index in [2.05, 4.69) is 22.9 Å². The van der Waals surface area contributed by atoms with Crippen molar-refractivity contribution in [3.05, 3.63) is 0 Å². The van der Waals surface area contributed by atoms with Crippen molar-refractivity contribution < 1.29 is 9.53 Å². The smallest absolute Gasteiger partial charge is 0.410 e. The van der Waals surface area contributed by atoms with Crippen LogP contribution in [0.1, 0.15) is 40.5 Å². The van der Waals surface area contributed by atoms with Crippen molar-refractivity contribution in [3.8, 4) is 0 Å². The quantitative estimate of drug-likeness (QED) is 0.695. The largest absolute Gasteiger partial charge is 0.444 e. The number of likely N-dealkylation sites (tertiary alicyclic amines) is 1. The van der Waals surface area contributed by atoms with Gasteiger partial charge in [0.15, 0.2) is 0 Å². The zero-order valence-electron chi connectivity index (χ0n) is 11.1. The SMILES string of the molecule is CC1CC2CC1C(CBr)N2C(=O)OC(C)(C)C. The molecular formula is C13H22BrNO2. The van der Waals surface area contributed by atoms with Crippen molar-refractivity contribution >= 4 is 22.0 Å². The number of fused-ring (bicyclic) bond motifs is 2. The van der Waals surface area contributed by atoms with Crippen LogP contribution in [0.4, 0.5) is 4.79 Å². The molecule has 0 radical (unpaired) electrons. The monoisotopic (exact) mass is 303 g/mol. The number of alkyl halides is 1. The molecule has 2 aliphatic rings. The van der Waals surface area contributed by atoms with E-state index in [0.29, 0.717) is 18.0 Å². The van der Waals surface area contributed by atoms with Crippen molar-refractivity contribution in [1.29, 1.82) is 0 Å². The lowest BCUT2D eigenvalue weighted by Gasteiger charge is -2.37. The van der Waals surface area contributed by atoms with E-state index in [1.807, 2.05) is 25.7 Å². The van der Waals surface area contributed by atoms with Crippen LogP contribution in [0.5, 0.6) is 0 Å². The maximum Gasteiger partial charge on any atom is 0.410 e. The molecule has 1 heterocycles. The minimum atomic E-state index is -0.401. The normalized spacial score (nSPS) is 36.4. The van der Waals surface area contributed by atoms with Gasteiger partial charge in [0.2, 0.25) is 0 Å². The van der Waals surface area contributed by atoms with Gasteiger partial charge in [-0.25, -0.2) is 4.79 Å². The molecule has 1 saturated heterocycles. The first-order chi connectivity index (χ1) is 7.83. The van der Waals surface area contributed by atoms with Crippen molar-refractivity contribution in [2.45, 2.75) is 58.2 Å². The number of nitrogens with zero attached hydrogens (tertiary/aromatic N) is 1. The van der Waals surface area contributed by atoms with Crippen LogP contribution in [0.15, 0.2) is 0 Å². The number of carbonyl (C=O) groups is 1. The van der Waals surface area contributed by atoms with Gasteiger partial charge in [0, 0.05) is 17.4 Å². The van der Waals surface area contributed by atoms with Gasteiger partial charge in [-0.3, -0.25) is 0 Å². The first-order valence-corrected chi connectivity index (χ1v) is 7.53. The predicted octanol–water partition coefficient (Wildman–Crippen LogP) is 3.42. The predicted molar refractivity (Wildman–Crippen MR) is 71.3 cm³/mol.